The zero-order chi connectivity index (χ0) is 12.6. The van der Waals surface area contributed by atoms with Gasteiger partial charge in [0.05, 0.1) is 6.61 Å². The second-order valence-corrected chi connectivity index (χ2v) is 4.57. The van der Waals surface area contributed by atoms with Gasteiger partial charge in [0, 0.05) is 12.6 Å². The van der Waals surface area contributed by atoms with E-state index in [0.717, 1.165) is 18.5 Å². The predicted octanol–water partition coefficient (Wildman–Crippen LogP) is 1.07. The average molecular weight is 248 g/mol. The summed E-state index contributed by atoms with van der Waals surface area (Å²) in [5, 5.41) is 6.17. The first-order chi connectivity index (χ1) is 8.84. The molecule has 1 fully saturated rings. The minimum atomic E-state index is -0.0585. The minimum Gasteiger partial charge on any atom is -0.370 e. The molecular weight excluding hydrogens is 228 g/mol. The van der Waals surface area contributed by atoms with E-state index in [-0.39, 0.29) is 12.5 Å². The summed E-state index contributed by atoms with van der Waals surface area (Å²) in [6, 6.07) is 10.3. The molecule has 1 heterocycles. The Labute approximate surface area is 108 Å². The Morgan fingerprint density at radius 3 is 2.94 bits per heavy atom. The van der Waals surface area contributed by atoms with Gasteiger partial charge in [-0.2, -0.15) is 0 Å². The second-order valence-electron chi connectivity index (χ2n) is 4.57. The van der Waals surface area contributed by atoms with Gasteiger partial charge < -0.3 is 15.4 Å². The van der Waals surface area contributed by atoms with Crippen LogP contribution in [-0.2, 0) is 16.1 Å². The third kappa shape index (κ3) is 4.47. The summed E-state index contributed by atoms with van der Waals surface area (Å²) in [6.45, 7) is 2.39. The van der Waals surface area contributed by atoms with Crippen molar-refractivity contribution in [1.29, 1.82) is 0 Å². The van der Waals surface area contributed by atoms with Crippen LogP contribution < -0.4 is 10.6 Å². The highest BCUT2D eigenvalue weighted by Gasteiger charge is 2.14. The number of rotatable bonds is 6. The number of benzene rings is 1. The maximum Gasteiger partial charge on any atom is 0.246 e. The fourth-order valence-corrected chi connectivity index (χ4v) is 2.04. The quantitative estimate of drug-likeness (QED) is 0.792. The smallest absolute Gasteiger partial charge is 0.246 e. The number of hydrogen-bond acceptors (Lipinski definition) is 3. The van der Waals surface area contributed by atoms with Crippen molar-refractivity contribution in [2.75, 3.05) is 19.8 Å². The van der Waals surface area contributed by atoms with Crippen LogP contribution in [0.5, 0.6) is 0 Å². The molecule has 1 aliphatic heterocycles. The SMILES string of the molecule is O=C(COC[C@@H]1CCCN1)NCc1ccccc1. The lowest BCUT2D eigenvalue weighted by Crippen LogP contribution is -2.31. The van der Waals surface area contributed by atoms with E-state index in [1.165, 1.54) is 6.42 Å². The summed E-state index contributed by atoms with van der Waals surface area (Å²) in [6.07, 6.45) is 2.35. The lowest BCUT2D eigenvalue weighted by atomic mass is 10.2. The van der Waals surface area contributed by atoms with Crippen LogP contribution in [0.25, 0.3) is 0 Å². The Morgan fingerprint density at radius 1 is 1.39 bits per heavy atom. The van der Waals surface area contributed by atoms with Crippen molar-refractivity contribution in [3.8, 4) is 0 Å². The number of nitrogens with one attached hydrogen (secondary N) is 2. The first kappa shape index (κ1) is 13.1. The van der Waals surface area contributed by atoms with Crippen molar-refractivity contribution >= 4 is 5.91 Å². The topological polar surface area (TPSA) is 50.4 Å². The van der Waals surface area contributed by atoms with Gasteiger partial charge in [0.1, 0.15) is 6.61 Å². The molecule has 4 heteroatoms. The fourth-order valence-electron chi connectivity index (χ4n) is 2.04. The summed E-state index contributed by atoms with van der Waals surface area (Å²) in [4.78, 5) is 11.5. The highest BCUT2D eigenvalue weighted by atomic mass is 16.5. The number of carbonyl (C=O) groups excluding carboxylic acids is 1. The Kier molecular flexibility index (Phi) is 5.17. The van der Waals surface area contributed by atoms with Crippen molar-refractivity contribution < 1.29 is 9.53 Å². The molecule has 2 rings (SSSR count). The summed E-state index contributed by atoms with van der Waals surface area (Å²) < 4.78 is 5.39. The molecule has 1 aromatic rings. The zero-order valence-electron chi connectivity index (χ0n) is 10.5. The van der Waals surface area contributed by atoms with Crippen LogP contribution in [0.2, 0.25) is 0 Å². The van der Waals surface area contributed by atoms with E-state index in [1.54, 1.807) is 0 Å². The predicted molar refractivity (Wildman–Crippen MR) is 70.1 cm³/mol. The zero-order valence-corrected chi connectivity index (χ0v) is 10.5. The molecule has 0 unspecified atom stereocenters. The first-order valence-corrected chi connectivity index (χ1v) is 6.46. The van der Waals surface area contributed by atoms with E-state index < -0.39 is 0 Å². The van der Waals surface area contributed by atoms with Crippen LogP contribution in [0.4, 0.5) is 0 Å². The van der Waals surface area contributed by atoms with Crippen molar-refractivity contribution in [2.24, 2.45) is 0 Å². The monoisotopic (exact) mass is 248 g/mol. The first-order valence-electron chi connectivity index (χ1n) is 6.46. The van der Waals surface area contributed by atoms with Gasteiger partial charge >= 0.3 is 0 Å². The van der Waals surface area contributed by atoms with Crippen LogP contribution in [0, 0.1) is 0 Å². The standard InChI is InChI=1S/C14H20N2O2/c17-14(11-18-10-13-7-4-8-15-13)16-9-12-5-2-1-3-6-12/h1-3,5-6,13,15H,4,7-11H2,(H,16,17)/t13-/m0/s1. The van der Waals surface area contributed by atoms with Crippen molar-refractivity contribution in [1.82, 2.24) is 10.6 Å². The average Bonchev–Trinajstić information content (AvgIpc) is 2.91. The Hall–Kier alpha value is -1.39. The van der Waals surface area contributed by atoms with Crippen molar-refractivity contribution in [3.63, 3.8) is 0 Å². The molecule has 1 atom stereocenters. The molecule has 1 saturated heterocycles. The molecular formula is C14H20N2O2. The largest absolute Gasteiger partial charge is 0.370 e. The van der Waals surface area contributed by atoms with Gasteiger partial charge in [-0.05, 0) is 24.9 Å². The van der Waals surface area contributed by atoms with Gasteiger partial charge in [0.15, 0.2) is 0 Å². The van der Waals surface area contributed by atoms with Gasteiger partial charge in [-0.25, -0.2) is 0 Å². The van der Waals surface area contributed by atoms with Crippen LogP contribution >= 0.6 is 0 Å². The maximum atomic E-state index is 11.5. The van der Waals surface area contributed by atoms with E-state index in [0.29, 0.717) is 19.2 Å². The van der Waals surface area contributed by atoms with Gasteiger partial charge in [-0.1, -0.05) is 30.3 Å². The Balaban J connectivity index is 1.57. The van der Waals surface area contributed by atoms with Gasteiger partial charge in [0.25, 0.3) is 0 Å². The lowest BCUT2D eigenvalue weighted by Gasteiger charge is -2.10. The molecule has 0 aromatic heterocycles. The molecule has 4 nitrogen and oxygen atoms in total. The molecule has 0 radical (unpaired) electrons. The van der Waals surface area contributed by atoms with E-state index >= 15 is 0 Å². The van der Waals surface area contributed by atoms with Gasteiger partial charge in [-0.15, -0.1) is 0 Å². The minimum absolute atomic E-state index is 0.0585. The number of hydrogen-bond donors (Lipinski definition) is 2. The molecule has 1 amide bonds. The number of ether oxygens (including phenoxy) is 1. The summed E-state index contributed by atoms with van der Waals surface area (Å²) in [7, 11) is 0. The second kappa shape index (κ2) is 7.13. The molecule has 98 valence electrons. The number of carbonyl (C=O) groups is 1. The Morgan fingerprint density at radius 2 is 2.22 bits per heavy atom. The number of amides is 1. The molecule has 1 aliphatic rings. The summed E-state index contributed by atoms with van der Waals surface area (Å²) >= 11 is 0. The van der Waals surface area contributed by atoms with Crippen LogP contribution in [0.3, 0.4) is 0 Å². The van der Waals surface area contributed by atoms with Gasteiger partial charge in [-0.3, -0.25) is 4.79 Å². The normalized spacial score (nSPS) is 18.8. The molecule has 1 aromatic carbocycles. The fraction of sp³-hybridized carbons (Fsp3) is 0.500. The lowest BCUT2D eigenvalue weighted by molar-refractivity contribution is -0.126. The molecule has 0 bridgehead atoms. The molecule has 0 saturated carbocycles. The highest BCUT2D eigenvalue weighted by molar-refractivity contribution is 5.77. The van der Waals surface area contributed by atoms with E-state index in [2.05, 4.69) is 10.6 Å². The highest BCUT2D eigenvalue weighted by Crippen LogP contribution is 2.04. The van der Waals surface area contributed by atoms with Crippen LogP contribution in [-0.4, -0.2) is 31.7 Å². The summed E-state index contributed by atoms with van der Waals surface area (Å²) in [5.74, 6) is -0.0585. The van der Waals surface area contributed by atoms with Crippen LogP contribution in [0.1, 0.15) is 18.4 Å². The molecule has 2 N–H and O–H groups in total. The maximum absolute atomic E-state index is 11.5. The van der Waals surface area contributed by atoms with E-state index in [1.807, 2.05) is 30.3 Å². The van der Waals surface area contributed by atoms with Gasteiger partial charge in [0.2, 0.25) is 5.91 Å². The van der Waals surface area contributed by atoms with Crippen molar-refractivity contribution in [2.45, 2.75) is 25.4 Å². The Bertz CT molecular complexity index is 361. The van der Waals surface area contributed by atoms with E-state index in [4.69, 9.17) is 4.74 Å². The van der Waals surface area contributed by atoms with E-state index in [9.17, 15) is 4.79 Å². The van der Waals surface area contributed by atoms with Crippen molar-refractivity contribution in [3.05, 3.63) is 35.9 Å². The van der Waals surface area contributed by atoms with Crippen LogP contribution in [0.15, 0.2) is 30.3 Å². The third-order valence-corrected chi connectivity index (χ3v) is 3.05. The molecule has 18 heavy (non-hydrogen) atoms. The molecule has 0 spiro atoms. The molecule has 0 aliphatic carbocycles. The summed E-state index contributed by atoms with van der Waals surface area (Å²) in [5.41, 5.74) is 1.10. The third-order valence-electron chi connectivity index (χ3n) is 3.05.